The van der Waals surface area contributed by atoms with Crippen LogP contribution < -0.4 is 76.9 Å². The quantitative estimate of drug-likeness (QED) is 0.0170. The van der Waals surface area contributed by atoms with Gasteiger partial charge in [0.2, 0.25) is 59.1 Å². The molecule has 0 aromatic heterocycles. The zero-order chi connectivity index (χ0) is 66.8. The van der Waals surface area contributed by atoms with Crippen LogP contribution in [0, 0.1) is 5.92 Å². The molecular weight excluding hydrogens is 1170 g/mol. The van der Waals surface area contributed by atoms with E-state index in [4.69, 9.17) is 34.4 Å². The molecule has 3 aromatic rings. The molecule has 1 aliphatic rings. The van der Waals surface area contributed by atoms with Crippen molar-refractivity contribution < 1.29 is 57.8 Å². The van der Waals surface area contributed by atoms with E-state index in [0.29, 0.717) is 68.3 Å². The highest BCUT2D eigenvalue weighted by atomic mass is 16.4. The molecule has 0 spiro atoms. The summed E-state index contributed by atoms with van der Waals surface area (Å²) in [5.74, 6) is -9.27. The predicted octanol–water partition coefficient (Wildman–Crippen LogP) is -1.75. The molecule has 0 saturated carbocycles. The van der Waals surface area contributed by atoms with Crippen LogP contribution >= 0.6 is 0 Å². The lowest BCUT2D eigenvalue weighted by molar-refractivity contribution is -0.143. The third kappa shape index (κ3) is 27.3. The molecule has 0 radical (unpaired) electrons. The van der Waals surface area contributed by atoms with Gasteiger partial charge in [0.1, 0.15) is 48.3 Å². The van der Waals surface area contributed by atoms with Gasteiger partial charge in [-0.1, -0.05) is 111 Å². The van der Waals surface area contributed by atoms with E-state index in [1.54, 1.807) is 91.0 Å². The number of carboxylic acid groups (broad SMARTS) is 1. The number of hydrogen-bond donors (Lipinski definition) is 15. The van der Waals surface area contributed by atoms with Gasteiger partial charge in [0.05, 0.1) is 12.6 Å². The molecule has 0 aliphatic carbocycles. The molecule has 28 nitrogen and oxygen atoms in total. The van der Waals surface area contributed by atoms with Crippen LogP contribution in [0.15, 0.2) is 96.0 Å². The van der Waals surface area contributed by atoms with Gasteiger partial charge in [0, 0.05) is 38.8 Å². The van der Waals surface area contributed by atoms with Crippen LogP contribution in [0.4, 0.5) is 0 Å². The standard InChI is InChI=1S/C63H94N16O12/c1-39(2)34-50(78-59(87)48(36-41-20-8-4-9-21-41)76-56(84)44(25-13-15-31-65)73-54(82)43(66)24-12-14-30-64)61(89)79-33-17-27-51(79)60(88)77-49(37-42-22-10-5-11-23-42)58(86)74-45(28-29-52(67)80)57(85)75-47(35-40-18-6-3-7-19-40)55(83)71-38-53(81)72-46(62(90)91)26-16-32-70-63(68)69/h3-11,18-23,39,43-51H,12-17,24-38,64-66H2,1-2H3,(H2,67,80)(H,71,83)(H,72,81)(H,73,82)(H,74,86)(H,75,85)(H,76,84)(H,77,88)(H,78,87)(H,90,91)(H4,68,69,70)/t43-,44-,45-,46-,47-,48-,49-,50-,51-/m0/s1. The Bertz CT molecular complexity index is 2880. The van der Waals surface area contributed by atoms with Gasteiger partial charge in [-0.15, -0.1) is 0 Å². The number of guanidine groups is 1. The summed E-state index contributed by atoms with van der Waals surface area (Å²) in [6.07, 6.45) is 2.65. The van der Waals surface area contributed by atoms with Crippen LogP contribution in [0.1, 0.15) is 114 Å². The average Bonchev–Trinajstić information content (AvgIpc) is 1.89. The van der Waals surface area contributed by atoms with E-state index >= 15 is 0 Å². The van der Waals surface area contributed by atoms with Crippen molar-refractivity contribution in [2.45, 2.75) is 171 Å². The molecule has 4 rings (SSSR count). The van der Waals surface area contributed by atoms with Gasteiger partial charge >= 0.3 is 5.97 Å². The van der Waals surface area contributed by atoms with E-state index in [2.05, 4.69) is 47.5 Å². The SMILES string of the molecule is CC(C)C[C@H](NC(=O)[C@H](Cc1ccccc1)NC(=O)[C@H](CCCCN)NC(=O)[C@@H](N)CCCCN)C(=O)N1CCC[C@H]1C(=O)N[C@@H](Cc1ccccc1)C(=O)N[C@@H](CCC(N)=O)C(=O)N[C@@H](Cc1ccccc1)C(=O)NCC(=O)N[C@@H](CCCN=C(N)N)C(=O)O. The third-order valence-corrected chi connectivity index (χ3v) is 15.1. The van der Waals surface area contributed by atoms with Gasteiger partial charge in [0.25, 0.3) is 0 Å². The Morgan fingerprint density at radius 3 is 1.48 bits per heavy atom. The Hall–Kier alpha value is -9.02. The first-order chi connectivity index (χ1) is 43.5. The van der Waals surface area contributed by atoms with Gasteiger partial charge in [-0.3, -0.25) is 52.9 Å². The fourth-order valence-electron chi connectivity index (χ4n) is 10.3. The maximum Gasteiger partial charge on any atom is 0.326 e. The van der Waals surface area contributed by atoms with E-state index in [1.807, 2.05) is 13.8 Å². The van der Waals surface area contributed by atoms with Crippen molar-refractivity contribution in [1.82, 2.24) is 47.4 Å². The van der Waals surface area contributed by atoms with Crippen LogP contribution in [0.25, 0.3) is 0 Å². The number of aliphatic imine (C=N–C) groups is 1. The molecule has 10 amide bonds. The van der Waals surface area contributed by atoms with Crippen LogP contribution in [-0.4, -0.2) is 168 Å². The van der Waals surface area contributed by atoms with E-state index in [9.17, 15) is 57.8 Å². The van der Waals surface area contributed by atoms with E-state index in [-0.39, 0.29) is 82.8 Å². The highest BCUT2D eigenvalue weighted by molar-refractivity contribution is 5.99. The first-order valence-corrected chi connectivity index (χ1v) is 31.0. The Balaban J connectivity index is 1.58. The molecule has 28 heteroatoms. The number of likely N-dealkylation sites (tertiary alicyclic amines) is 1. The van der Waals surface area contributed by atoms with Crippen molar-refractivity contribution in [2.24, 2.45) is 45.3 Å². The minimum Gasteiger partial charge on any atom is -0.480 e. The molecule has 21 N–H and O–H groups in total. The summed E-state index contributed by atoms with van der Waals surface area (Å²) in [4.78, 5) is 157. The predicted molar refractivity (Wildman–Crippen MR) is 341 cm³/mol. The normalized spacial score (nSPS) is 15.4. The number of carbonyl (C=O) groups is 11. The summed E-state index contributed by atoms with van der Waals surface area (Å²) >= 11 is 0. The number of hydrogen-bond acceptors (Lipinski definition) is 15. The highest BCUT2D eigenvalue weighted by Gasteiger charge is 2.41. The van der Waals surface area contributed by atoms with E-state index in [1.165, 1.54) is 4.90 Å². The topological polar surface area (TPSA) is 476 Å². The van der Waals surface area contributed by atoms with Crippen molar-refractivity contribution in [1.29, 1.82) is 0 Å². The number of carbonyl (C=O) groups excluding carboxylic acids is 10. The lowest BCUT2D eigenvalue weighted by Gasteiger charge is -2.32. The molecule has 9 atom stereocenters. The molecule has 3 aromatic carbocycles. The van der Waals surface area contributed by atoms with Gasteiger partial charge in [-0.05, 0) is 106 Å². The lowest BCUT2D eigenvalue weighted by atomic mass is 9.99. The number of amides is 10. The third-order valence-electron chi connectivity index (χ3n) is 15.1. The number of primary amides is 1. The fraction of sp³-hybridized carbons (Fsp3) is 0.524. The van der Waals surface area contributed by atoms with Crippen LogP contribution in [-0.2, 0) is 72.0 Å². The largest absolute Gasteiger partial charge is 0.480 e. The number of unbranched alkanes of at least 4 members (excludes halogenated alkanes) is 2. The maximum absolute atomic E-state index is 14.9. The van der Waals surface area contributed by atoms with Crippen molar-refractivity contribution in [3.05, 3.63) is 108 Å². The number of aliphatic carboxylic acids is 1. The maximum atomic E-state index is 14.9. The zero-order valence-electron chi connectivity index (χ0n) is 52.1. The second-order valence-electron chi connectivity index (χ2n) is 23.1. The molecule has 1 saturated heterocycles. The Morgan fingerprint density at radius 2 is 0.989 bits per heavy atom. The Morgan fingerprint density at radius 1 is 0.538 bits per heavy atom. The molecule has 0 unspecified atom stereocenters. The van der Waals surface area contributed by atoms with Crippen molar-refractivity contribution >= 4 is 71.0 Å². The minimum atomic E-state index is -1.55. The van der Waals surface area contributed by atoms with Crippen LogP contribution in [0.3, 0.4) is 0 Å². The molecule has 1 fully saturated rings. The number of carboxylic acids is 1. The smallest absolute Gasteiger partial charge is 0.326 e. The number of nitrogens with one attached hydrogen (secondary N) is 8. The number of rotatable bonds is 41. The number of benzene rings is 3. The summed E-state index contributed by atoms with van der Waals surface area (Å²) in [7, 11) is 0. The number of nitrogens with two attached hydrogens (primary N) is 6. The van der Waals surface area contributed by atoms with Crippen LogP contribution in [0.5, 0.6) is 0 Å². The minimum absolute atomic E-state index is 0.00102. The van der Waals surface area contributed by atoms with Gasteiger partial charge < -0.3 is 86.9 Å². The first kappa shape index (κ1) is 74.4. The zero-order valence-corrected chi connectivity index (χ0v) is 52.1. The van der Waals surface area contributed by atoms with Crippen LogP contribution in [0.2, 0.25) is 0 Å². The Kier molecular flexibility index (Phi) is 32.6. The summed E-state index contributed by atoms with van der Waals surface area (Å²) in [6, 6.07) is 14.7. The molecule has 1 heterocycles. The van der Waals surface area contributed by atoms with E-state index < -0.39 is 132 Å². The second-order valence-corrected chi connectivity index (χ2v) is 23.1. The monoisotopic (exact) mass is 1270 g/mol. The molecule has 91 heavy (non-hydrogen) atoms. The highest BCUT2D eigenvalue weighted by Crippen LogP contribution is 2.22. The summed E-state index contributed by atoms with van der Waals surface area (Å²) < 4.78 is 0. The molecule has 498 valence electrons. The van der Waals surface area contributed by atoms with Crippen molar-refractivity contribution in [2.75, 3.05) is 32.7 Å². The lowest BCUT2D eigenvalue weighted by Crippen LogP contribution is -2.60. The molecular formula is C63H94N16O12. The van der Waals surface area contributed by atoms with E-state index in [0.717, 1.165) is 0 Å². The fourth-order valence-corrected chi connectivity index (χ4v) is 10.3. The second kappa shape index (κ2) is 39.9. The van der Waals surface area contributed by atoms with Gasteiger partial charge in [-0.2, -0.15) is 0 Å². The van der Waals surface area contributed by atoms with Gasteiger partial charge in [-0.25, -0.2) is 4.79 Å². The van der Waals surface area contributed by atoms with Gasteiger partial charge in [0.15, 0.2) is 5.96 Å². The summed E-state index contributed by atoms with van der Waals surface area (Å²) in [6.45, 7) is 3.99. The first-order valence-electron chi connectivity index (χ1n) is 31.0. The summed E-state index contributed by atoms with van der Waals surface area (Å²) in [5, 5.41) is 31.0. The van der Waals surface area contributed by atoms with Crippen molar-refractivity contribution in [3.8, 4) is 0 Å². The average molecular weight is 1270 g/mol. The Labute approximate surface area is 531 Å². The molecule has 1 aliphatic heterocycles. The number of nitrogens with zero attached hydrogens (tertiary/aromatic N) is 2. The summed E-state index contributed by atoms with van der Waals surface area (Å²) in [5.41, 5.74) is 35.7. The van der Waals surface area contributed by atoms with Crippen molar-refractivity contribution in [3.63, 3.8) is 0 Å². The molecule has 0 bridgehead atoms.